The molecule has 2 aromatic heterocycles. The van der Waals surface area contributed by atoms with Crippen LogP contribution in [0.15, 0.2) is 12.3 Å². The fourth-order valence-corrected chi connectivity index (χ4v) is 2.12. The predicted molar refractivity (Wildman–Crippen MR) is 69.6 cm³/mol. The molecule has 1 saturated carbocycles. The molecule has 1 N–H and O–H groups in total. The van der Waals surface area contributed by atoms with Gasteiger partial charge in [-0.3, -0.25) is 0 Å². The largest absolute Gasteiger partial charge is 0.367 e. The summed E-state index contributed by atoms with van der Waals surface area (Å²) in [6.07, 6.45) is 4.47. The Morgan fingerprint density at radius 2 is 2.18 bits per heavy atom. The van der Waals surface area contributed by atoms with E-state index in [0.29, 0.717) is 17.4 Å². The molecule has 17 heavy (non-hydrogen) atoms. The molecule has 3 rings (SSSR count). The van der Waals surface area contributed by atoms with Crippen molar-refractivity contribution in [3.05, 3.63) is 17.5 Å². The van der Waals surface area contributed by atoms with Crippen molar-refractivity contribution in [3.63, 3.8) is 0 Å². The van der Waals surface area contributed by atoms with Crippen LogP contribution in [0.4, 0.5) is 5.82 Å². The van der Waals surface area contributed by atoms with Crippen molar-refractivity contribution in [2.24, 2.45) is 0 Å². The Bertz CT molecular complexity index is 557. The highest BCUT2D eigenvalue weighted by atomic mass is 35.5. The van der Waals surface area contributed by atoms with Gasteiger partial charge in [-0.2, -0.15) is 4.98 Å². The van der Waals surface area contributed by atoms with Crippen LogP contribution in [0, 0.1) is 0 Å². The van der Waals surface area contributed by atoms with Gasteiger partial charge < -0.3 is 9.88 Å². The number of aromatic nitrogens is 3. The molecule has 4 nitrogen and oxygen atoms in total. The molecule has 0 radical (unpaired) electrons. The van der Waals surface area contributed by atoms with Gasteiger partial charge in [0.2, 0.25) is 5.28 Å². The zero-order chi connectivity index (χ0) is 12.0. The first-order chi connectivity index (χ1) is 8.15. The van der Waals surface area contributed by atoms with Crippen molar-refractivity contribution in [1.29, 1.82) is 0 Å². The van der Waals surface area contributed by atoms with E-state index in [1.165, 1.54) is 12.8 Å². The summed E-state index contributed by atoms with van der Waals surface area (Å²) in [4.78, 5) is 8.61. The fraction of sp³-hybridized carbons (Fsp3) is 0.500. The van der Waals surface area contributed by atoms with Gasteiger partial charge in [-0.1, -0.05) is 0 Å². The molecule has 0 aliphatic heterocycles. The van der Waals surface area contributed by atoms with Crippen LogP contribution in [0.1, 0.15) is 32.7 Å². The number of hydrogen-bond donors (Lipinski definition) is 1. The molecule has 0 bridgehead atoms. The summed E-state index contributed by atoms with van der Waals surface area (Å²) in [5, 5.41) is 4.76. The number of anilines is 1. The van der Waals surface area contributed by atoms with Gasteiger partial charge in [-0.25, -0.2) is 4.98 Å². The second-order valence-corrected chi connectivity index (χ2v) is 5.15. The third-order valence-corrected chi connectivity index (χ3v) is 3.19. The quantitative estimate of drug-likeness (QED) is 0.851. The smallest absolute Gasteiger partial charge is 0.226 e. The van der Waals surface area contributed by atoms with E-state index >= 15 is 0 Å². The number of nitrogens with zero attached hydrogens (tertiary/aromatic N) is 3. The number of nitrogens with one attached hydrogen (secondary N) is 1. The summed E-state index contributed by atoms with van der Waals surface area (Å²) in [6.45, 7) is 4.26. The van der Waals surface area contributed by atoms with Gasteiger partial charge in [-0.15, -0.1) is 0 Å². The van der Waals surface area contributed by atoms with Crippen molar-refractivity contribution >= 4 is 28.5 Å². The summed E-state index contributed by atoms with van der Waals surface area (Å²) in [7, 11) is 0. The van der Waals surface area contributed by atoms with Crippen LogP contribution in [0.25, 0.3) is 11.0 Å². The molecule has 0 unspecified atom stereocenters. The summed E-state index contributed by atoms with van der Waals surface area (Å²) in [5.74, 6) is 0.863. The van der Waals surface area contributed by atoms with Crippen LogP contribution >= 0.6 is 11.6 Å². The van der Waals surface area contributed by atoms with Gasteiger partial charge in [0.05, 0.1) is 5.39 Å². The Balaban J connectivity index is 2.14. The van der Waals surface area contributed by atoms with E-state index in [4.69, 9.17) is 11.6 Å². The SMILES string of the molecule is CC(C)n1ccc2c(NC3CC3)nc(Cl)nc21. The van der Waals surface area contributed by atoms with Crippen LogP contribution in [0.5, 0.6) is 0 Å². The summed E-state index contributed by atoms with van der Waals surface area (Å²) < 4.78 is 2.11. The highest BCUT2D eigenvalue weighted by Crippen LogP contribution is 2.30. The maximum Gasteiger partial charge on any atom is 0.226 e. The molecule has 1 aliphatic carbocycles. The van der Waals surface area contributed by atoms with E-state index in [0.717, 1.165) is 16.9 Å². The van der Waals surface area contributed by atoms with E-state index < -0.39 is 0 Å². The van der Waals surface area contributed by atoms with Crippen molar-refractivity contribution in [3.8, 4) is 0 Å². The average Bonchev–Trinajstić information content (AvgIpc) is 2.94. The molecule has 0 aromatic carbocycles. The van der Waals surface area contributed by atoms with Gasteiger partial charge in [-0.05, 0) is 44.4 Å². The van der Waals surface area contributed by atoms with E-state index in [9.17, 15) is 0 Å². The molecule has 90 valence electrons. The molecule has 2 heterocycles. The molecule has 0 spiro atoms. The minimum Gasteiger partial charge on any atom is -0.367 e. The molecule has 0 amide bonds. The maximum absolute atomic E-state index is 5.99. The third kappa shape index (κ3) is 1.97. The zero-order valence-electron chi connectivity index (χ0n) is 9.94. The molecular formula is C12H15ClN4. The standard InChI is InChI=1S/C12H15ClN4/c1-7(2)17-6-5-9-10(14-8-3-4-8)15-12(13)16-11(9)17/h5-8H,3-4H2,1-2H3,(H,14,15,16). The number of halogens is 1. The van der Waals surface area contributed by atoms with Crippen molar-refractivity contribution in [2.75, 3.05) is 5.32 Å². The maximum atomic E-state index is 5.99. The Morgan fingerprint density at radius 3 is 2.82 bits per heavy atom. The van der Waals surface area contributed by atoms with Crippen LogP contribution in [0.3, 0.4) is 0 Å². The van der Waals surface area contributed by atoms with Gasteiger partial charge in [0.15, 0.2) is 0 Å². The van der Waals surface area contributed by atoms with E-state index in [1.807, 2.05) is 6.20 Å². The minimum atomic E-state index is 0.307. The second-order valence-electron chi connectivity index (χ2n) is 4.81. The zero-order valence-corrected chi connectivity index (χ0v) is 10.7. The van der Waals surface area contributed by atoms with E-state index in [-0.39, 0.29) is 0 Å². The number of hydrogen-bond acceptors (Lipinski definition) is 3. The van der Waals surface area contributed by atoms with E-state index in [1.54, 1.807) is 0 Å². The predicted octanol–water partition coefficient (Wildman–Crippen LogP) is 3.24. The van der Waals surface area contributed by atoms with Crippen molar-refractivity contribution in [1.82, 2.24) is 14.5 Å². The number of rotatable bonds is 3. The lowest BCUT2D eigenvalue weighted by molar-refractivity contribution is 0.617. The molecule has 0 saturated heterocycles. The second kappa shape index (κ2) is 3.88. The first kappa shape index (κ1) is 10.8. The van der Waals surface area contributed by atoms with Crippen molar-refractivity contribution in [2.45, 2.75) is 38.8 Å². The highest BCUT2D eigenvalue weighted by Gasteiger charge is 2.23. The molecule has 0 atom stereocenters. The van der Waals surface area contributed by atoms with Gasteiger partial charge in [0, 0.05) is 18.3 Å². The molecular weight excluding hydrogens is 236 g/mol. The topological polar surface area (TPSA) is 42.7 Å². The molecule has 5 heteroatoms. The summed E-state index contributed by atoms with van der Waals surface area (Å²) in [5.41, 5.74) is 0.906. The normalized spacial score (nSPS) is 15.8. The first-order valence-electron chi connectivity index (χ1n) is 5.96. The van der Waals surface area contributed by atoms with Crippen LogP contribution in [0.2, 0.25) is 5.28 Å². The minimum absolute atomic E-state index is 0.307. The lowest BCUT2D eigenvalue weighted by Gasteiger charge is -2.10. The first-order valence-corrected chi connectivity index (χ1v) is 6.33. The summed E-state index contributed by atoms with van der Waals surface area (Å²) in [6, 6.07) is 2.98. The van der Waals surface area contributed by atoms with Crippen molar-refractivity contribution < 1.29 is 0 Å². The fourth-order valence-electron chi connectivity index (χ4n) is 1.95. The van der Waals surface area contributed by atoms with E-state index in [2.05, 4.69) is 39.8 Å². The number of fused-ring (bicyclic) bond motifs is 1. The molecule has 2 aromatic rings. The highest BCUT2D eigenvalue weighted by molar-refractivity contribution is 6.28. The van der Waals surface area contributed by atoms with Crippen LogP contribution in [-0.2, 0) is 0 Å². The summed E-state index contributed by atoms with van der Waals surface area (Å²) >= 11 is 5.99. The Kier molecular flexibility index (Phi) is 2.47. The Hall–Kier alpha value is -1.29. The van der Waals surface area contributed by atoms with Crippen LogP contribution < -0.4 is 5.32 Å². The Labute approximate surface area is 105 Å². The monoisotopic (exact) mass is 250 g/mol. The average molecular weight is 251 g/mol. The third-order valence-electron chi connectivity index (χ3n) is 3.02. The lowest BCUT2D eigenvalue weighted by Crippen LogP contribution is -2.06. The van der Waals surface area contributed by atoms with Gasteiger partial charge >= 0.3 is 0 Å². The lowest BCUT2D eigenvalue weighted by atomic mass is 10.3. The Morgan fingerprint density at radius 1 is 1.41 bits per heavy atom. The van der Waals surface area contributed by atoms with Gasteiger partial charge in [0.25, 0.3) is 0 Å². The van der Waals surface area contributed by atoms with Crippen LogP contribution in [-0.4, -0.2) is 20.6 Å². The molecule has 1 fully saturated rings. The van der Waals surface area contributed by atoms with Gasteiger partial charge in [0.1, 0.15) is 11.5 Å². The molecule has 1 aliphatic rings.